The fourth-order valence-corrected chi connectivity index (χ4v) is 2.30. The number of hydrogen-bond donors (Lipinski definition) is 1. The molecule has 3 nitrogen and oxygen atoms in total. The SMILES string of the molecule is COC1CCCC(N(C)CC(C)O)C1. The maximum absolute atomic E-state index is 9.30. The van der Waals surface area contributed by atoms with Gasteiger partial charge in [-0.2, -0.15) is 0 Å². The summed E-state index contributed by atoms with van der Waals surface area (Å²) in [5, 5.41) is 9.30. The Bertz CT molecular complexity index is 161. The molecule has 0 bridgehead atoms. The van der Waals surface area contributed by atoms with E-state index in [1.165, 1.54) is 19.3 Å². The van der Waals surface area contributed by atoms with Crippen molar-refractivity contribution < 1.29 is 9.84 Å². The summed E-state index contributed by atoms with van der Waals surface area (Å²) in [4.78, 5) is 2.26. The van der Waals surface area contributed by atoms with Gasteiger partial charge in [-0.1, -0.05) is 0 Å². The smallest absolute Gasteiger partial charge is 0.0639 e. The Labute approximate surface area is 87.1 Å². The second-order valence-electron chi connectivity index (χ2n) is 4.47. The van der Waals surface area contributed by atoms with Gasteiger partial charge in [0.05, 0.1) is 12.2 Å². The Morgan fingerprint density at radius 2 is 2.21 bits per heavy atom. The van der Waals surface area contributed by atoms with E-state index < -0.39 is 0 Å². The number of likely N-dealkylation sites (N-methyl/N-ethyl adjacent to an activating group) is 1. The molecular weight excluding hydrogens is 178 g/mol. The van der Waals surface area contributed by atoms with Crippen molar-refractivity contribution in [2.45, 2.75) is 50.9 Å². The van der Waals surface area contributed by atoms with Gasteiger partial charge in [0.1, 0.15) is 0 Å². The van der Waals surface area contributed by atoms with Gasteiger partial charge in [0.2, 0.25) is 0 Å². The van der Waals surface area contributed by atoms with Gasteiger partial charge in [-0.3, -0.25) is 0 Å². The molecular formula is C11H23NO2. The summed E-state index contributed by atoms with van der Waals surface area (Å²) in [6, 6.07) is 0.586. The molecule has 3 heteroatoms. The maximum Gasteiger partial charge on any atom is 0.0639 e. The lowest BCUT2D eigenvalue weighted by Gasteiger charge is -2.35. The minimum Gasteiger partial charge on any atom is -0.392 e. The molecule has 84 valence electrons. The molecule has 0 aromatic rings. The van der Waals surface area contributed by atoms with Gasteiger partial charge in [0, 0.05) is 19.7 Å². The Morgan fingerprint density at radius 1 is 1.50 bits per heavy atom. The summed E-state index contributed by atoms with van der Waals surface area (Å²) < 4.78 is 5.39. The molecule has 1 N–H and O–H groups in total. The second kappa shape index (κ2) is 5.69. The fraction of sp³-hybridized carbons (Fsp3) is 1.00. The second-order valence-corrected chi connectivity index (χ2v) is 4.47. The number of ether oxygens (including phenoxy) is 1. The molecule has 0 radical (unpaired) electrons. The number of rotatable bonds is 4. The highest BCUT2D eigenvalue weighted by atomic mass is 16.5. The fourth-order valence-electron chi connectivity index (χ4n) is 2.30. The zero-order valence-electron chi connectivity index (χ0n) is 9.57. The van der Waals surface area contributed by atoms with E-state index in [9.17, 15) is 5.11 Å². The molecule has 0 aliphatic heterocycles. The molecule has 3 atom stereocenters. The number of aliphatic hydroxyl groups excluding tert-OH is 1. The molecule has 1 saturated carbocycles. The van der Waals surface area contributed by atoms with E-state index >= 15 is 0 Å². The summed E-state index contributed by atoms with van der Waals surface area (Å²) >= 11 is 0. The lowest BCUT2D eigenvalue weighted by molar-refractivity contribution is 0.0237. The van der Waals surface area contributed by atoms with E-state index in [1.807, 2.05) is 6.92 Å². The van der Waals surface area contributed by atoms with E-state index in [0.717, 1.165) is 13.0 Å². The van der Waals surface area contributed by atoms with Gasteiger partial charge in [-0.25, -0.2) is 0 Å². The molecule has 1 aliphatic rings. The summed E-state index contributed by atoms with van der Waals surface area (Å²) in [6.45, 7) is 2.61. The van der Waals surface area contributed by atoms with E-state index in [-0.39, 0.29) is 6.10 Å². The van der Waals surface area contributed by atoms with Crippen LogP contribution in [-0.4, -0.2) is 49.0 Å². The monoisotopic (exact) mass is 201 g/mol. The molecule has 0 heterocycles. The van der Waals surface area contributed by atoms with Crippen LogP contribution in [0.2, 0.25) is 0 Å². The van der Waals surface area contributed by atoms with Gasteiger partial charge in [-0.05, 0) is 39.7 Å². The zero-order chi connectivity index (χ0) is 10.6. The Hall–Kier alpha value is -0.120. The predicted molar refractivity (Wildman–Crippen MR) is 57.4 cm³/mol. The average molecular weight is 201 g/mol. The van der Waals surface area contributed by atoms with Crippen molar-refractivity contribution in [3.63, 3.8) is 0 Å². The highest BCUT2D eigenvalue weighted by molar-refractivity contribution is 4.79. The molecule has 0 spiro atoms. The lowest BCUT2D eigenvalue weighted by atomic mass is 9.92. The summed E-state index contributed by atoms with van der Waals surface area (Å²) in [6.07, 6.45) is 4.97. The molecule has 0 aromatic heterocycles. The van der Waals surface area contributed by atoms with Crippen LogP contribution in [0.3, 0.4) is 0 Å². The topological polar surface area (TPSA) is 32.7 Å². The van der Waals surface area contributed by atoms with E-state index in [4.69, 9.17) is 4.74 Å². The molecule has 1 fully saturated rings. The van der Waals surface area contributed by atoms with Gasteiger partial charge in [0.15, 0.2) is 0 Å². The molecule has 1 aliphatic carbocycles. The molecule has 0 aromatic carbocycles. The number of methoxy groups -OCH3 is 1. The zero-order valence-corrected chi connectivity index (χ0v) is 9.57. The maximum atomic E-state index is 9.30. The predicted octanol–water partition coefficient (Wildman–Crippen LogP) is 1.26. The van der Waals surface area contributed by atoms with Crippen molar-refractivity contribution in [2.24, 2.45) is 0 Å². The van der Waals surface area contributed by atoms with E-state index in [2.05, 4.69) is 11.9 Å². The normalized spacial score (nSPS) is 30.6. The molecule has 1 rings (SSSR count). The van der Waals surface area contributed by atoms with Crippen LogP contribution in [0.15, 0.2) is 0 Å². The average Bonchev–Trinajstić information content (AvgIpc) is 2.17. The summed E-state index contributed by atoms with van der Waals surface area (Å²) in [5.41, 5.74) is 0. The third kappa shape index (κ3) is 3.56. The van der Waals surface area contributed by atoms with Crippen molar-refractivity contribution in [3.8, 4) is 0 Å². The third-order valence-electron chi connectivity index (χ3n) is 3.11. The quantitative estimate of drug-likeness (QED) is 0.743. The first kappa shape index (κ1) is 12.0. The first-order valence-electron chi connectivity index (χ1n) is 5.54. The minimum absolute atomic E-state index is 0.233. The van der Waals surface area contributed by atoms with Gasteiger partial charge in [0.25, 0.3) is 0 Å². The Morgan fingerprint density at radius 3 is 2.79 bits per heavy atom. The number of hydrogen-bond acceptors (Lipinski definition) is 3. The van der Waals surface area contributed by atoms with Crippen LogP contribution in [0, 0.1) is 0 Å². The molecule has 3 unspecified atom stereocenters. The summed E-state index contributed by atoms with van der Waals surface area (Å²) in [7, 11) is 3.89. The standard InChI is InChI=1S/C11H23NO2/c1-9(13)8-12(2)10-5-4-6-11(7-10)14-3/h9-11,13H,4-8H2,1-3H3. The summed E-state index contributed by atoms with van der Waals surface area (Å²) in [5.74, 6) is 0. The van der Waals surface area contributed by atoms with Crippen LogP contribution in [0.5, 0.6) is 0 Å². The van der Waals surface area contributed by atoms with Gasteiger partial charge < -0.3 is 14.7 Å². The third-order valence-corrected chi connectivity index (χ3v) is 3.11. The van der Waals surface area contributed by atoms with E-state index in [1.54, 1.807) is 7.11 Å². The van der Waals surface area contributed by atoms with Crippen molar-refractivity contribution in [2.75, 3.05) is 20.7 Å². The minimum atomic E-state index is -0.233. The van der Waals surface area contributed by atoms with Crippen LogP contribution in [0.25, 0.3) is 0 Å². The van der Waals surface area contributed by atoms with Crippen molar-refractivity contribution in [1.29, 1.82) is 0 Å². The molecule has 0 amide bonds. The largest absolute Gasteiger partial charge is 0.392 e. The highest BCUT2D eigenvalue weighted by Crippen LogP contribution is 2.24. The van der Waals surface area contributed by atoms with Crippen LogP contribution >= 0.6 is 0 Å². The Balaban J connectivity index is 2.35. The van der Waals surface area contributed by atoms with Crippen LogP contribution in [0.4, 0.5) is 0 Å². The molecule has 0 saturated heterocycles. The lowest BCUT2D eigenvalue weighted by Crippen LogP contribution is -2.41. The van der Waals surface area contributed by atoms with Gasteiger partial charge >= 0.3 is 0 Å². The number of nitrogens with zero attached hydrogens (tertiary/aromatic N) is 1. The Kier molecular flexibility index (Phi) is 4.85. The van der Waals surface area contributed by atoms with Crippen LogP contribution < -0.4 is 0 Å². The van der Waals surface area contributed by atoms with Crippen molar-refractivity contribution in [1.82, 2.24) is 4.90 Å². The van der Waals surface area contributed by atoms with Crippen LogP contribution in [-0.2, 0) is 4.74 Å². The van der Waals surface area contributed by atoms with Crippen molar-refractivity contribution >= 4 is 0 Å². The number of aliphatic hydroxyl groups is 1. The highest BCUT2D eigenvalue weighted by Gasteiger charge is 2.24. The van der Waals surface area contributed by atoms with Crippen LogP contribution in [0.1, 0.15) is 32.6 Å². The first-order valence-corrected chi connectivity index (χ1v) is 5.54. The van der Waals surface area contributed by atoms with Crippen molar-refractivity contribution in [3.05, 3.63) is 0 Å². The van der Waals surface area contributed by atoms with E-state index in [0.29, 0.717) is 12.1 Å². The molecule has 14 heavy (non-hydrogen) atoms. The van der Waals surface area contributed by atoms with Gasteiger partial charge in [-0.15, -0.1) is 0 Å². The first-order chi connectivity index (χ1) is 6.63.